The molecular weight excluding hydrogens is 242 g/mol. The van der Waals surface area contributed by atoms with Gasteiger partial charge < -0.3 is 5.32 Å². The summed E-state index contributed by atoms with van der Waals surface area (Å²) in [5.41, 5.74) is 0.414. The molecule has 0 fully saturated rings. The number of anilines is 1. The van der Waals surface area contributed by atoms with Crippen LogP contribution >= 0.6 is 0 Å². The lowest BCUT2D eigenvalue weighted by atomic mass is 10.2. The molecule has 2 aromatic heterocycles. The maximum atomic E-state index is 13.3. The smallest absolute Gasteiger partial charge is 0.260 e. The molecule has 0 saturated carbocycles. The number of hydrogen-bond donors (Lipinski definition) is 1. The Hall–Kier alpha value is -2.31. The van der Waals surface area contributed by atoms with Crippen molar-refractivity contribution in [2.45, 2.75) is 6.92 Å². The summed E-state index contributed by atoms with van der Waals surface area (Å²) in [4.78, 5) is 14.8. The third kappa shape index (κ3) is 2.20. The van der Waals surface area contributed by atoms with Crippen LogP contribution in [0.3, 0.4) is 0 Å². The van der Waals surface area contributed by atoms with Gasteiger partial charge in [0.1, 0.15) is 0 Å². The number of carbonyl (C=O) groups excluding carboxylic acids is 1. The standard InChI is InChI=1S/C11H10F2N4O/c1-6-5-8(16-17(6)2)15-11(18)7-3-4-14-10(13)9(7)12/h3-5H,1-2H3,(H,15,16,18). The van der Waals surface area contributed by atoms with Crippen LogP contribution in [-0.4, -0.2) is 20.7 Å². The molecule has 5 nitrogen and oxygen atoms in total. The Morgan fingerprint density at radius 1 is 1.44 bits per heavy atom. The molecule has 2 rings (SSSR count). The Kier molecular flexibility index (Phi) is 3.05. The molecule has 0 aromatic carbocycles. The molecule has 0 aliphatic heterocycles. The van der Waals surface area contributed by atoms with Crippen LogP contribution in [0.1, 0.15) is 16.1 Å². The molecule has 0 bridgehead atoms. The maximum Gasteiger partial charge on any atom is 0.260 e. The topological polar surface area (TPSA) is 59.8 Å². The minimum absolute atomic E-state index is 0.275. The quantitative estimate of drug-likeness (QED) is 0.827. The minimum atomic E-state index is -1.31. The highest BCUT2D eigenvalue weighted by molar-refractivity contribution is 6.03. The summed E-state index contributed by atoms with van der Waals surface area (Å²) in [6.45, 7) is 1.80. The van der Waals surface area contributed by atoms with Crippen molar-refractivity contribution in [2.75, 3.05) is 5.32 Å². The van der Waals surface area contributed by atoms with Gasteiger partial charge in [-0.05, 0) is 13.0 Å². The van der Waals surface area contributed by atoms with Crippen LogP contribution in [-0.2, 0) is 7.05 Å². The van der Waals surface area contributed by atoms with Gasteiger partial charge in [-0.1, -0.05) is 0 Å². The first-order valence-corrected chi connectivity index (χ1v) is 5.11. The van der Waals surface area contributed by atoms with E-state index in [0.29, 0.717) is 0 Å². The molecule has 94 valence electrons. The van der Waals surface area contributed by atoms with Gasteiger partial charge in [-0.2, -0.15) is 9.49 Å². The van der Waals surface area contributed by atoms with Crippen molar-refractivity contribution in [1.29, 1.82) is 0 Å². The molecule has 7 heteroatoms. The molecule has 0 unspecified atom stereocenters. The highest BCUT2D eigenvalue weighted by Crippen LogP contribution is 2.12. The Bertz CT molecular complexity index is 590. The van der Waals surface area contributed by atoms with Crippen LogP contribution in [0.15, 0.2) is 18.3 Å². The number of nitrogens with one attached hydrogen (secondary N) is 1. The molecule has 1 N–H and O–H groups in total. The van der Waals surface area contributed by atoms with E-state index in [9.17, 15) is 13.6 Å². The number of rotatable bonds is 2. The molecule has 0 aliphatic rings. The van der Waals surface area contributed by atoms with E-state index in [-0.39, 0.29) is 5.82 Å². The molecule has 0 spiro atoms. The van der Waals surface area contributed by atoms with Crippen molar-refractivity contribution in [3.05, 3.63) is 41.4 Å². The van der Waals surface area contributed by atoms with Crippen LogP contribution in [0.2, 0.25) is 0 Å². The van der Waals surface area contributed by atoms with Crippen LogP contribution in [0.4, 0.5) is 14.6 Å². The first-order chi connectivity index (χ1) is 8.49. The van der Waals surface area contributed by atoms with Crippen molar-refractivity contribution in [3.8, 4) is 0 Å². The predicted octanol–water partition coefficient (Wildman–Crippen LogP) is 1.65. The van der Waals surface area contributed by atoms with E-state index in [4.69, 9.17) is 0 Å². The van der Waals surface area contributed by atoms with Gasteiger partial charge in [0, 0.05) is 25.0 Å². The minimum Gasteiger partial charge on any atom is -0.305 e. The fraction of sp³-hybridized carbons (Fsp3) is 0.182. The third-order valence-electron chi connectivity index (χ3n) is 2.45. The van der Waals surface area contributed by atoms with Gasteiger partial charge in [0.25, 0.3) is 5.91 Å². The zero-order chi connectivity index (χ0) is 13.3. The summed E-state index contributed by atoms with van der Waals surface area (Å²) in [7, 11) is 1.71. The van der Waals surface area contributed by atoms with E-state index < -0.39 is 23.2 Å². The maximum absolute atomic E-state index is 13.3. The van der Waals surface area contributed by atoms with Gasteiger partial charge in [0.15, 0.2) is 11.6 Å². The molecule has 18 heavy (non-hydrogen) atoms. The van der Waals surface area contributed by atoms with E-state index in [0.717, 1.165) is 18.0 Å². The monoisotopic (exact) mass is 252 g/mol. The van der Waals surface area contributed by atoms with Gasteiger partial charge in [-0.15, -0.1) is 0 Å². The Morgan fingerprint density at radius 3 is 2.78 bits per heavy atom. The normalized spacial score (nSPS) is 10.4. The second kappa shape index (κ2) is 4.52. The summed E-state index contributed by atoms with van der Waals surface area (Å²) in [5, 5.41) is 6.36. The zero-order valence-electron chi connectivity index (χ0n) is 9.74. The van der Waals surface area contributed by atoms with Crippen LogP contribution in [0, 0.1) is 18.7 Å². The van der Waals surface area contributed by atoms with Crippen molar-refractivity contribution in [2.24, 2.45) is 7.05 Å². The Balaban J connectivity index is 2.24. The number of hydrogen-bond acceptors (Lipinski definition) is 3. The molecule has 2 heterocycles. The van der Waals surface area contributed by atoms with E-state index in [1.165, 1.54) is 0 Å². The first-order valence-electron chi connectivity index (χ1n) is 5.11. The number of halogens is 2. The van der Waals surface area contributed by atoms with Gasteiger partial charge in [0.2, 0.25) is 5.95 Å². The molecule has 0 radical (unpaired) electrons. The number of amides is 1. The van der Waals surface area contributed by atoms with Crippen molar-refractivity contribution < 1.29 is 13.6 Å². The van der Waals surface area contributed by atoms with Crippen LogP contribution < -0.4 is 5.32 Å². The second-order valence-electron chi connectivity index (χ2n) is 3.71. The lowest BCUT2D eigenvalue weighted by Gasteiger charge is -2.03. The fourth-order valence-electron chi connectivity index (χ4n) is 1.40. The Labute approximate surface area is 101 Å². The summed E-state index contributed by atoms with van der Waals surface area (Å²) < 4.78 is 27.7. The number of nitrogens with zero attached hydrogens (tertiary/aromatic N) is 3. The van der Waals surface area contributed by atoms with Crippen molar-refractivity contribution in [3.63, 3.8) is 0 Å². The van der Waals surface area contributed by atoms with Gasteiger partial charge >= 0.3 is 0 Å². The number of pyridine rings is 1. The number of carbonyl (C=O) groups is 1. The average Bonchev–Trinajstić information content (AvgIpc) is 2.61. The third-order valence-corrected chi connectivity index (χ3v) is 2.45. The summed E-state index contributed by atoms with van der Waals surface area (Å²) in [5.74, 6) is -3.08. The predicted molar refractivity (Wildman–Crippen MR) is 60.1 cm³/mol. The van der Waals surface area contributed by atoms with Crippen LogP contribution in [0.25, 0.3) is 0 Å². The highest BCUT2D eigenvalue weighted by Gasteiger charge is 2.17. The molecule has 1 amide bonds. The van der Waals surface area contributed by atoms with Crippen molar-refractivity contribution >= 4 is 11.7 Å². The fourth-order valence-corrected chi connectivity index (χ4v) is 1.40. The van der Waals surface area contributed by atoms with E-state index in [1.54, 1.807) is 24.7 Å². The second-order valence-corrected chi connectivity index (χ2v) is 3.71. The van der Waals surface area contributed by atoms with Crippen molar-refractivity contribution in [1.82, 2.24) is 14.8 Å². The van der Waals surface area contributed by atoms with E-state index in [1.807, 2.05) is 0 Å². The largest absolute Gasteiger partial charge is 0.305 e. The van der Waals surface area contributed by atoms with E-state index in [2.05, 4.69) is 15.4 Å². The molecular formula is C11H10F2N4O. The van der Waals surface area contributed by atoms with Gasteiger partial charge in [0.05, 0.1) is 5.56 Å². The SMILES string of the molecule is Cc1cc(NC(=O)c2ccnc(F)c2F)nn1C. The molecule has 0 atom stereocenters. The van der Waals surface area contributed by atoms with Gasteiger partial charge in [-0.3, -0.25) is 9.48 Å². The molecule has 0 aliphatic carbocycles. The summed E-state index contributed by atoms with van der Waals surface area (Å²) >= 11 is 0. The Morgan fingerprint density at radius 2 is 2.17 bits per heavy atom. The number of aromatic nitrogens is 3. The summed E-state index contributed by atoms with van der Waals surface area (Å²) in [6, 6.07) is 2.72. The van der Waals surface area contributed by atoms with Gasteiger partial charge in [-0.25, -0.2) is 9.37 Å². The first kappa shape index (κ1) is 12.2. The summed E-state index contributed by atoms with van der Waals surface area (Å²) in [6.07, 6.45) is 1.02. The lowest BCUT2D eigenvalue weighted by Crippen LogP contribution is -2.15. The lowest BCUT2D eigenvalue weighted by molar-refractivity contribution is 0.102. The number of aryl methyl sites for hydroxylation is 2. The van der Waals surface area contributed by atoms with Crippen LogP contribution in [0.5, 0.6) is 0 Å². The molecule has 2 aromatic rings. The average molecular weight is 252 g/mol. The van der Waals surface area contributed by atoms with E-state index >= 15 is 0 Å². The molecule has 0 saturated heterocycles. The highest BCUT2D eigenvalue weighted by atomic mass is 19.2. The zero-order valence-corrected chi connectivity index (χ0v) is 9.74.